The molecule has 2 aromatic carbocycles. The highest BCUT2D eigenvalue weighted by atomic mass is 19.4. The van der Waals surface area contributed by atoms with Gasteiger partial charge in [0, 0.05) is 38.9 Å². The Kier molecular flexibility index (Phi) is 7.40. The standard InChI is InChI=1S/C27H28F3N3O2/c1-19(2)35-26(34)23-12-7-13-31-25(23)33-16-14-32(15-17-33)18-21-10-6-11-22(24(21)27(28,29)30)20-8-4-3-5-9-20/h3-13,19H,14-18H2,1-2H3. The van der Waals surface area contributed by atoms with Gasteiger partial charge in [-0.25, -0.2) is 9.78 Å². The van der Waals surface area contributed by atoms with Gasteiger partial charge in [-0.05, 0) is 42.7 Å². The molecule has 1 aliphatic rings. The van der Waals surface area contributed by atoms with Crippen LogP contribution in [0.1, 0.15) is 35.3 Å². The molecule has 0 saturated carbocycles. The predicted molar refractivity (Wildman–Crippen MR) is 129 cm³/mol. The Bertz CT molecular complexity index is 1160. The molecule has 0 amide bonds. The van der Waals surface area contributed by atoms with E-state index in [0.29, 0.717) is 43.1 Å². The number of anilines is 1. The van der Waals surface area contributed by atoms with Gasteiger partial charge >= 0.3 is 12.1 Å². The Labute approximate surface area is 203 Å². The van der Waals surface area contributed by atoms with E-state index in [2.05, 4.69) is 4.98 Å². The molecule has 5 nitrogen and oxygen atoms in total. The quantitative estimate of drug-likeness (QED) is 0.424. The van der Waals surface area contributed by atoms with Gasteiger partial charge in [0.05, 0.1) is 11.7 Å². The van der Waals surface area contributed by atoms with Gasteiger partial charge in [0.25, 0.3) is 0 Å². The maximum Gasteiger partial charge on any atom is 0.417 e. The largest absolute Gasteiger partial charge is 0.459 e. The third-order valence-electron chi connectivity index (χ3n) is 5.93. The van der Waals surface area contributed by atoms with Crippen molar-refractivity contribution in [2.45, 2.75) is 32.7 Å². The third-order valence-corrected chi connectivity index (χ3v) is 5.93. The SMILES string of the molecule is CC(C)OC(=O)c1cccnc1N1CCN(Cc2cccc(-c3ccccc3)c2C(F)(F)F)CC1. The highest BCUT2D eigenvalue weighted by Crippen LogP contribution is 2.40. The molecule has 184 valence electrons. The van der Waals surface area contributed by atoms with Crippen LogP contribution in [0.2, 0.25) is 0 Å². The Hall–Kier alpha value is -3.39. The number of nitrogens with zero attached hydrogens (tertiary/aromatic N) is 3. The zero-order valence-corrected chi connectivity index (χ0v) is 19.8. The molecule has 0 unspecified atom stereocenters. The fraction of sp³-hybridized carbons (Fsp3) is 0.333. The number of aromatic nitrogens is 1. The number of benzene rings is 2. The van der Waals surface area contributed by atoms with Gasteiger partial charge in [0.1, 0.15) is 11.4 Å². The number of hydrogen-bond donors (Lipinski definition) is 0. The zero-order valence-electron chi connectivity index (χ0n) is 19.8. The smallest absolute Gasteiger partial charge is 0.417 e. The molecule has 2 heterocycles. The van der Waals surface area contributed by atoms with Gasteiger partial charge < -0.3 is 9.64 Å². The van der Waals surface area contributed by atoms with Gasteiger partial charge in [-0.15, -0.1) is 0 Å². The Morgan fingerprint density at radius 2 is 1.69 bits per heavy atom. The second kappa shape index (κ2) is 10.5. The Morgan fingerprint density at radius 3 is 2.34 bits per heavy atom. The first-order valence-corrected chi connectivity index (χ1v) is 11.6. The van der Waals surface area contributed by atoms with Crippen molar-refractivity contribution in [3.63, 3.8) is 0 Å². The molecule has 1 fully saturated rings. The summed E-state index contributed by atoms with van der Waals surface area (Å²) in [5.41, 5.74) is 0.798. The maximum atomic E-state index is 14.2. The second-order valence-electron chi connectivity index (χ2n) is 8.80. The number of halogens is 3. The molecule has 0 radical (unpaired) electrons. The summed E-state index contributed by atoms with van der Waals surface area (Å²) >= 11 is 0. The lowest BCUT2D eigenvalue weighted by Crippen LogP contribution is -2.47. The number of pyridine rings is 1. The topological polar surface area (TPSA) is 45.7 Å². The average molecular weight is 484 g/mol. The number of esters is 1. The fourth-order valence-corrected chi connectivity index (χ4v) is 4.37. The molecule has 35 heavy (non-hydrogen) atoms. The summed E-state index contributed by atoms with van der Waals surface area (Å²) in [6, 6.07) is 16.8. The number of alkyl halides is 3. The minimum absolute atomic E-state index is 0.188. The number of carbonyl (C=O) groups excluding carboxylic acids is 1. The van der Waals surface area contributed by atoms with Crippen LogP contribution in [-0.2, 0) is 17.5 Å². The van der Waals surface area contributed by atoms with Crippen molar-refractivity contribution in [3.8, 4) is 11.1 Å². The van der Waals surface area contributed by atoms with Crippen LogP contribution in [0.3, 0.4) is 0 Å². The van der Waals surface area contributed by atoms with Crippen LogP contribution in [0.25, 0.3) is 11.1 Å². The highest BCUT2D eigenvalue weighted by Gasteiger charge is 2.37. The van der Waals surface area contributed by atoms with E-state index in [1.165, 1.54) is 6.07 Å². The van der Waals surface area contributed by atoms with E-state index in [9.17, 15) is 18.0 Å². The summed E-state index contributed by atoms with van der Waals surface area (Å²) < 4.78 is 47.8. The van der Waals surface area contributed by atoms with Crippen LogP contribution in [-0.4, -0.2) is 48.1 Å². The van der Waals surface area contributed by atoms with E-state index in [1.54, 1.807) is 74.6 Å². The second-order valence-corrected chi connectivity index (χ2v) is 8.80. The van der Waals surface area contributed by atoms with E-state index in [-0.39, 0.29) is 23.8 Å². The van der Waals surface area contributed by atoms with Crippen LogP contribution in [0.5, 0.6) is 0 Å². The van der Waals surface area contributed by atoms with Crippen molar-refractivity contribution in [2.24, 2.45) is 0 Å². The molecule has 0 bridgehead atoms. The van der Waals surface area contributed by atoms with E-state index >= 15 is 0 Å². The summed E-state index contributed by atoms with van der Waals surface area (Å²) in [5, 5.41) is 0. The Balaban J connectivity index is 1.51. The minimum Gasteiger partial charge on any atom is -0.459 e. The first-order valence-electron chi connectivity index (χ1n) is 11.6. The van der Waals surface area contributed by atoms with Gasteiger partial charge in [0.15, 0.2) is 0 Å². The molecule has 0 aliphatic carbocycles. The van der Waals surface area contributed by atoms with Crippen LogP contribution < -0.4 is 4.90 Å². The highest BCUT2D eigenvalue weighted by molar-refractivity contribution is 5.94. The molecule has 1 aliphatic heterocycles. The van der Waals surface area contributed by atoms with E-state index < -0.39 is 17.7 Å². The number of piperazine rings is 1. The third kappa shape index (κ3) is 5.82. The van der Waals surface area contributed by atoms with Crippen molar-refractivity contribution in [1.82, 2.24) is 9.88 Å². The molecule has 0 N–H and O–H groups in total. The van der Waals surface area contributed by atoms with Crippen LogP contribution in [0, 0.1) is 0 Å². The average Bonchev–Trinajstić information content (AvgIpc) is 2.84. The summed E-state index contributed by atoms with van der Waals surface area (Å²) in [6.07, 6.45) is -3.09. The van der Waals surface area contributed by atoms with Gasteiger partial charge in [-0.2, -0.15) is 13.2 Å². The number of ether oxygens (including phenoxy) is 1. The lowest BCUT2D eigenvalue weighted by Gasteiger charge is -2.36. The van der Waals surface area contributed by atoms with Gasteiger partial charge in [0.2, 0.25) is 0 Å². The molecule has 8 heteroatoms. The number of rotatable bonds is 6. The van der Waals surface area contributed by atoms with Crippen molar-refractivity contribution in [3.05, 3.63) is 83.6 Å². The van der Waals surface area contributed by atoms with Crippen molar-refractivity contribution in [1.29, 1.82) is 0 Å². The maximum absolute atomic E-state index is 14.2. The van der Waals surface area contributed by atoms with Crippen molar-refractivity contribution >= 4 is 11.8 Å². The molecule has 0 spiro atoms. The molecule has 3 aromatic rings. The molecule has 4 rings (SSSR count). The summed E-state index contributed by atoms with van der Waals surface area (Å²) in [4.78, 5) is 20.9. The molecule has 1 saturated heterocycles. The molecular weight excluding hydrogens is 455 g/mol. The van der Waals surface area contributed by atoms with Gasteiger partial charge in [-0.3, -0.25) is 4.90 Å². The molecular formula is C27H28F3N3O2. The van der Waals surface area contributed by atoms with Crippen LogP contribution in [0.4, 0.5) is 19.0 Å². The van der Waals surface area contributed by atoms with E-state index in [1.807, 2.05) is 9.80 Å². The normalized spacial score (nSPS) is 14.9. The van der Waals surface area contributed by atoms with Crippen LogP contribution >= 0.6 is 0 Å². The lowest BCUT2D eigenvalue weighted by atomic mass is 9.94. The monoisotopic (exact) mass is 483 g/mol. The summed E-state index contributed by atoms with van der Waals surface area (Å²) in [6.45, 7) is 5.93. The fourth-order valence-electron chi connectivity index (χ4n) is 4.37. The molecule has 0 atom stereocenters. The number of carbonyl (C=O) groups is 1. The van der Waals surface area contributed by atoms with Crippen molar-refractivity contribution < 1.29 is 22.7 Å². The molecule has 1 aromatic heterocycles. The minimum atomic E-state index is -4.47. The Morgan fingerprint density at radius 1 is 0.971 bits per heavy atom. The van der Waals surface area contributed by atoms with Crippen molar-refractivity contribution in [2.75, 3.05) is 31.1 Å². The number of hydrogen-bond acceptors (Lipinski definition) is 5. The first-order chi connectivity index (χ1) is 16.7. The summed E-state index contributed by atoms with van der Waals surface area (Å²) in [5.74, 6) is 0.109. The first kappa shape index (κ1) is 24.7. The predicted octanol–water partition coefficient (Wildman–Crippen LogP) is 5.65. The van der Waals surface area contributed by atoms with E-state index in [0.717, 1.165) is 0 Å². The summed E-state index contributed by atoms with van der Waals surface area (Å²) in [7, 11) is 0. The lowest BCUT2D eigenvalue weighted by molar-refractivity contribution is -0.138. The zero-order chi connectivity index (χ0) is 25.0. The van der Waals surface area contributed by atoms with Gasteiger partial charge in [-0.1, -0.05) is 48.5 Å². The van der Waals surface area contributed by atoms with E-state index in [4.69, 9.17) is 4.74 Å². The van der Waals surface area contributed by atoms with Crippen LogP contribution in [0.15, 0.2) is 66.9 Å².